The van der Waals surface area contributed by atoms with Gasteiger partial charge in [0, 0.05) is 17.1 Å². The van der Waals surface area contributed by atoms with Gasteiger partial charge in [0.1, 0.15) is 0 Å². The van der Waals surface area contributed by atoms with Crippen LogP contribution in [-0.4, -0.2) is 28.1 Å². The van der Waals surface area contributed by atoms with Gasteiger partial charge in [-0.1, -0.05) is 37.5 Å². The first-order valence-corrected chi connectivity index (χ1v) is 8.39. The van der Waals surface area contributed by atoms with E-state index in [1.165, 1.54) is 12.8 Å². The second kappa shape index (κ2) is 8.30. The van der Waals surface area contributed by atoms with Gasteiger partial charge in [-0.15, -0.1) is 0 Å². The first-order chi connectivity index (χ1) is 10.7. The Hall–Kier alpha value is -1.39. The zero-order valence-corrected chi connectivity index (χ0v) is 14.3. The molecule has 1 fully saturated rings. The second-order valence-electron chi connectivity index (χ2n) is 5.50. The Bertz CT molecular complexity index is 568. The van der Waals surface area contributed by atoms with Crippen molar-refractivity contribution in [1.82, 2.24) is 15.0 Å². The van der Waals surface area contributed by atoms with E-state index in [0.717, 1.165) is 31.1 Å². The first-order valence-electron chi connectivity index (χ1n) is 8.01. The summed E-state index contributed by atoms with van der Waals surface area (Å²) in [6.07, 6.45) is 2.57. The van der Waals surface area contributed by atoms with Crippen molar-refractivity contribution in [2.45, 2.75) is 40.2 Å². The highest BCUT2D eigenvalue weighted by Crippen LogP contribution is 2.21. The van der Waals surface area contributed by atoms with Gasteiger partial charge in [-0.05, 0) is 49.6 Å². The molecule has 0 aliphatic carbocycles. The summed E-state index contributed by atoms with van der Waals surface area (Å²) in [5.74, 6) is 2.06. The van der Waals surface area contributed by atoms with E-state index in [1.807, 2.05) is 38.1 Å². The Morgan fingerprint density at radius 1 is 1.27 bits per heavy atom. The molecule has 1 aliphatic heterocycles. The average molecular weight is 322 g/mol. The Morgan fingerprint density at radius 3 is 2.68 bits per heavy atom. The minimum atomic E-state index is 0.627. The summed E-state index contributed by atoms with van der Waals surface area (Å²) in [5, 5.41) is 4.75. The molecule has 0 amide bonds. The van der Waals surface area contributed by atoms with Gasteiger partial charge >= 0.3 is 0 Å². The third-order valence-electron chi connectivity index (χ3n) is 3.67. The van der Waals surface area contributed by atoms with E-state index >= 15 is 0 Å². The van der Waals surface area contributed by atoms with Gasteiger partial charge in [-0.2, -0.15) is 4.98 Å². The zero-order valence-electron chi connectivity index (χ0n) is 13.6. The highest BCUT2D eigenvalue weighted by Gasteiger charge is 2.19. The molecule has 22 heavy (non-hydrogen) atoms. The fourth-order valence-corrected chi connectivity index (χ4v) is 2.78. The van der Waals surface area contributed by atoms with Crippen LogP contribution in [0.2, 0.25) is 5.02 Å². The number of halogens is 1. The van der Waals surface area contributed by atoms with Gasteiger partial charge in [-0.3, -0.25) is 4.90 Å². The number of likely N-dealkylation sites (tertiary alicyclic amines) is 1. The molecule has 1 atom stereocenters. The van der Waals surface area contributed by atoms with E-state index in [0.29, 0.717) is 16.7 Å². The maximum absolute atomic E-state index is 5.88. The summed E-state index contributed by atoms with van der Waals surface area (Å²) in [6, 6.07) is 7.47. The molecule has 2 heterocycles. The van der Waals surface area contributed by atoms with Crippen LogP contribution in [0.5, 0.6) is 0 Å². The highest BCUT2D eigenvalue weighted by atomic mass is 35.5. The van der Waals surface area contributed by atoms with Crippen LogP contribution in [0.4, 0.5) is 0 Å². The molecule has 4 nitrogen and oxygen atoms in total. The molecule has 120 valence electrons. The SMILES string of the molecule is CC.CC1CCCN(Cc2nc(-c3ccc(Cl)cc3)no2)C1. The maximum Gasteiger partial charge on any atom is 0.241 e. The molecule has 0 radical (unpaired) electrons. The van der Waals surface area contributed by atoms with Gasteiger partial charge in [0.25, 0.3) is 0 Å². The summed E-state index contributed by atoms with van der Waals surface area (Å²) >= 11 is 5.88. The topological polar surface area (TPSA) is 42.2 Å². The molecular weight excluding hydrogens is 298 g/mol. The molecule has 1 unspecified atom stereocenters. The van der Waals surface area contributed by atoms with Gasteiger partial charge < -0.3 is 4.52 Å². The van der Waals surface area contributed by atoms with Crippen LogP contribution < -0.4 is 0 Å². The number of hydrogen-bond acceptors (Lipinski definition) is 4. The number of nitrogens with zero attached hydrogens (tertiary/aromatic N) is 3. The Balaban J connectivity index is 0.000000847. The van der Waals surface area contributed by atoms with Crippen molar-refractivity contribution in [2.24, 2.45) is 5.92 Å². The van der Waals surface area contributed by atoms with Crippen molar-refractivity contribution in [3.8, 4) is 11.4 Å². The van der Waals surface area contributed by atoms with E-state index in [-0.39, 0.29) is 0 Å². The summed E-state index contributed by atoms with van der Waals surface area (Å²) in [7, 11) is 0. The Labute approximate surface area is 137 Å². The van der Waals surface area contributed by atoms with Crippen LogP contribution in [-0.2, 0) is 6.54 Å². The number of piperidine rings is 1. The van der Waals surface area contributed by atoms with Crippen LogP contribution in [0.25, 0.3) is 11.4 Å². The van der Waals surface area contributed by atoms with Crippen LogP contribution in [0, 0.1) is 5.92 Å². The van der Waals surface area contributed by atoms with Crippen molar-refractivity contribution >= 4 is 11.6 Å². The number of aromatic nitrogens is 2. The van der Waals surface area contributed by atoms with Crippen molar-refractivity contribution < 1.29 is 4.52 Å². The highest BCUT2D eigenvalue weighted by molar-refractivity contribution is 6.30. The van der Waals surface area contributed by atoms with E-state index in [2.05, 4.69) is 22.0 Å². The average Bonchev–Trinajstić information content (AvgIpc) is 2.98. The van der Waals surface area contributed by atoms with E-state index in [4.69, 9.17) is 16.1 Å². The lowest BCUT2D eigenvalue weighted by Crippen LogP contribution is -2.33. The summed E-state index contributed by atoms with van der Waals surface area (Å²) in [5.41, 5.74) is 0.927. The smallest absolute Gasteiger partial charge is 0.241 e. The van der Waals surface area contributed by atoms with Gasteiger partial charge in [0.05, 0.1) is 6.54 Å². The Morgan fingerprint density at radius 2 is 2.00 bits per heavy atom. The fourth-order valence-electron chi connectivity index (χ4n) is 2.66. The molecule has 1 aromatic carbocycles. The maximum atomic E-state index is 5.88. The predicted octanol–water partition coefficient (Wildman–Crippen LogP) is 4.65. The van der Waals surface area contributed by atoms with Crippen molar-refractivity contribution in [1.29, 1.82) is 0 Å². The van der Waals surface area contributed by atoms with Crippen LogP contribution in [0.3, 0.4) is 0 Å². The lowest BCUT2D eigenvalue weighted by molar-refractivity contribution is 0.157. The van der Waals surface area contributed by atoms with Gasteiger partial charge in [0.15, 0.2) is 0 Å². The number of hydrogen-bond donors (Lipinski definition) is 0. The number of benzene rings is 1. The minimum Gasteiger partial charge on any atom is -0.338 e. The van der Waals surface area contributed by atoms with Crippen LogP contribution >= 0.6 is 11.6 Å². The molecule has 0 N–H and O–H groups in total. The molecule has 1 saturated heterocycles. The monoisotopic (exact) mass is 321 g/mol. The molecule has 0 spiro atoms. The van der Waals surface area contributed by atoms with Crippen molar-refractivity contribution in [3.05, 3.63) is 35.2 Å². The van der Waals surface area contributed by atoms with E-state index in [9.17, 15) is 0 Å². The molecular formula is C17H24ClN3O. The molecule has 3 rings (SSSR count). The molecule has 1 aromatic heterocycles. The third-order valence-corrected chi connectivity index (χ3v) is 3.92. The lowest BCUT2D eigenvalue weighted by atomic mass is 10.0. The summed E-state index contributed by atoms with van der Waals surface area (Å²) in [6.45, 7) is 9.26. The van der Waals surface area contributed by atoms with Gasteiger partial charge in [-0.25, -0.2) is 0 Å². The van der Waals surface area contributed by atoms with Crippen molar-refractivity contribution in [2.75, 3.05) is 13.1 Å². The zero-order chi connectivity index (χ0) is 15.9. The molecule has 1 aliphatic rings. The van der Waals surface area contributed by atoms with Crippen LogP contribution in [0.15, 0.2) is 28.8 Å². The third kappa shape index (κ3) is 4.55. The second-order valence-corrected chi connectivity index (χ2v) is 5.94. The normalized spacial score (nSPS) is 18.6. The standard InChI is InChI=1S/C15H18ClN3O.C2H6/c1-11-3-2-8-19(9-11)10-14-17-15(18-20-14)12-4-6-13(16)7-5-12;1-2/h4-7,11H,2-3,8-10H2,1H3;1-2H3. The molecule has 5 heteroatoms. The Kier molecular flexibility index (Phi) is 6.40. The minimum absolute atomic E-state index is 0.627. The van der Waals surface area contributed by atoms with Gasteiger partial charge in [0.2, 0.25) is 11.7 Å². The molecule has 0 bridgehead atoms. The number of rotatable bonds is 3. The predicted molar refractivity (Wildman–Crippen MR) is 89.8 cm³/mol. The van der Waals surface area contributed by atoms with Crippen LogP contribution in [0.1, 0.15) is 39.5 Å². The van der Waals surface area contributed by atoms with E-state index in [1.54, 1.807) is 0 Å². The quantitative estimate of drug-likeness (QED) is 0.825. The largest absolute Gasteiger partial charge is 0.338 e. The summed E-state index contributed by atoms with van der Waals surface area (Å²) < 4.78 is 5.35. The summed E-state index contributed by atoms with van der Waals surface area (Å²) in [4.78, 5) is 6.85. The molecule has 2 aromatic rings. The first kappa shape index (κ1) is 17.0. The fraction of sp³-hybridized carbons (Fsp3) is 0.529. The van der Waals surface area contributed by atoms with E-state index < -0.39 is 0 Å². The van der Waals surface area contributed by atoms with Crippen molar-refractivity contribution in [3.63, 3.8) is 0 Å². The lowest BCUT2D eigenvalue weighted by Gasteiger charge is -2.29. The molecule has 0 saturated carbocycles.